The van der Waals surface area contributed by atoms with E-state index < -0.39 is 18.0 Å². The first-order chi connectivity index (χ1) is 13.4. The third-order valence-electron chi connectivity index (χ3n) is 4.48. The Balaban J connectivity index is 1.54. The number of nitrogens with one attached hydrogen (secondary N) is 1. The minimum absolute atomic E-state index is 0.156. The zero-order chi connectivity index (χ0) is 20.1. The normalized spacial score (nSPS) is 14.6. The van der Waals surface area contributed by atoms with Crippen molar-refractivity contribution in [3.63, 3.8) is 0 Å². The van der Waals surface area contributed by atoms with Gasteiger partial charge in [-0.05, 0) is 49.2 Å². The maximum absolute atomic E-state index is 12.3. The molecule has 28 heavy (non-hydrogen) atoms. The number of esters is 1. The van der Waals surface area contributed by atoms with Gasteiger partial charge >= 0.3 is 5.97 Å². The van der Waals surface area contributed by atoms with Gasteiger partial charge in [0.1, 0.15) is 0 Å². The van der Waals surface area contributed by atoms with Crippen LogP contribution in [0.2, 0.25) is 5.02 Å². The lowest BCUT2D eigenvalue weighted by Gasteiger charge is -2.16. The van der Waals surface area contributed by atoms with Crippen molar-refractivity contribution in [2.45, 2.75) is 32.4 Å². The average Bonchev–Trinajstić information content (AvgIpc) is 3.07. The van der Waals surface area contributed by atoms with Crippen molar-refractivity contribution in [3.05, 3.63) is 64.7 Å². The molecule has 1 fully saturated rings. The SMILES string of the molecule is C[C@@H](OC(=O)c1ccc(CN2CCCC2=O)cc1)C(=O)Nc1cccc(Cl)c1. The minimum Gasteiger partial charge on any atom is -0.449 e. The predicted molar refractivity (Wildman–Crippen MR) is 106 cm³/mol. The van der Waals surface area contributed by atoms with Crippen molar-refractivity contribution in [1.29, 1.82) is 0 Å². The Kier molecular flexibility index (Phi) is 6.31. The molecule has 2 amide bonds. The number of rotatable bonds is 6. The van der Waals surface area contributed by atoms with Crippen molar-refractivity contribution in [1.82, 2.24) is 4.90 Å². The number of anilines is 1. The second-order valence-corrected chi connectivity index (χ2v) is 7.10. The van der Waals surface area contributed by atoms with E-state index in [9.17, 15) is 14.4 Å². The number of hydrogen-bond acceptors (Lipinski definition) is 4. The van der Waals surface area contributed by atoms with E-state index in [1.807, 2.05) is 0 Å². The molecule has 1 saturated heterocycles. The molecule has 0 aliphatic carbocycles. The molecule has 2 aromatic rings. The first-order valence-electron chi connectivity index (χ1n) is 9.06. The third-order valence-corrected chi connectivity index (χ3v) is 4.71. The number of ether oxygens (including phenoxy) is 1. The van der Waals surface area contributed by atoms with Crippen LogP contribution in [0.3, 0.4) is 0 Å². The van der Waals surface area contributed by atoms with Crippen molar-refractivity contribution in [3.8, 4) is 0 Å². The fourth-order valence-corrected chi connectivity index (χ4v) is 3.12. The van der Waals surface area contributed by atoms with Gasteiger partial charge in [-0.25, -0.2) is 4.79 Å². The van der Waals surface area contributed by atoms with Gasteiger partial charge in [0.25, 0.3) is 5.91 Å². The van der Waals surface area contributed by atoms with E-state index in [1.54, 1.807) is 53.4 Å². The Morgan fingerprint density at radius 2 is 1.96 bits per heavy atom. The van der Waals surface area contributed by atoms with Gasteiger partial charge in [0, 0.05) is 30.2 Å². The van der Waals surface area contributed by atoms with Gasteiger partial charge < -0.3 is 15.0 Å². The summed E-state index contributed by atoms with van der Waals surface area (Å²) in [6.45, 7) is 2.81. The molecule has 1 heterocycles. The molecule has 6 nitrogen and oxygen atoms in total. The topological polar surface area (TPSA) is 75.7 Å². The highest BCUT2D eigenvalue weighted by Crippen LogP contribution is 2.17. The van der Waals surface area contributed by atoms with Crippen LogP contribution in [0, 0.1) is 0 Å². The zero-order valence-corrected chi connectivity index (χ0v) is 16.2. The molecule has 0 radical (unpaired) electrons. The number of nitrogens with zero attached hydrogens (tertiary/aromatic N) is 1. The molecule has 2 aromatic carbocycles. The van der Waals surface area contributed by atoms with E-state index in [0.717, 1.165) is 18.5 Å². The van der Waals surface area contributed by atoms with Crippen LogP contribution in [-0.4, -0.2) is 35.3 Å². The molecule has 3 rings (SSSR count). The van der Waals surface area contributed by atoms with Crippen LogP contribution in [0.1, 0.15) is 35.7 Å². The molecule has 1 aliphatic heterocycles. The number of carbonyl (C=O) groups is 3. The average molecular weight is 401 g/mol. The van der Waals surface area contributed by atoms with Crippen molar-refractivity contribution < 1.29 is 19.1 Å². The highest BCUT2D eigenvalue weighted by atomic mass is 35.5. The number of hydrogen-bond donors (Lipinski definition) is 1. The molecule has 1 atom stereocenters. The van der Waals surface area contributed by atoms with Gasteiger partial charge in [0.15, 0.2) is 6.10 Å². The minimum atomic E-state index is -0.964. The summed E-state index contributed by atoms with van der Waals surface area (Å²) in [4.78, 5) is 38.0. The van der Waals surface area contributed by atoms with Crippen molar-refractivity contribution in [2.24, 2.45) is 0 Å². The summed E-state index contributed by atoms with van der Waals surface area (Å²) in [7, 11) is 0. The highest BCUT2D eigenvalue weighted by Gasteiger charge is 2.21. The predicted octanol–water partition coefficient (Wildman–Crippen LogP) is 3.65. The Labute approximate surface area is 168 Å². The molecule has 0 unspecified atom stereocenters. The van der Waals surface area contributed by atoms with Crippen LogP contribution >= 0.6 is 11.6 Å². The number of likely N-dealkylation sites (tertiary alicyclic amines) is 1. The van der Waals surface area contributed by atoms with Crippen LogP contribution in [0.4, 0.5) is 5.69 Å². The smallest absolute Gasteiger partial charge is 0.338 e. The number of halogens is 1. The quantitative estimate of drug-likeness (QED) is 0.751. The molecule has 146 valence electrons. The van der Waals surface area contributed by atoms with Gasteiger partial charge in [-0.1, -0.05) is 29.8 Å². The summed E-state index contributed by atoms with van der Waals surface area (Å²) in [5.74, 6) is -0.875. The van der Waals surface area contributed by atoms with E-state index in [1.165, 1.54) is 6.92 Å². The van der Waals surface area contributed by atoms with E-state index >= 15 is 0 Å². The molecule has 7 heteroatoms. The summed E-state index contributed by atoms with van der Waals surface area (Å²) in [6, 6.07) is 13.6. The molecule has 0 bridgehead atoms. The van der Waals surface area contributed by atoms with E-state index in [4.69, 9.17) is 16.3 Å². The Hall–Kier alpha value is -2.86. The lowest BCUT2D eigenvalue weighted by molar-refractivity contribution is -0.128. The first kappa shape index (κ1) is 19.9. The summed E-state index contributed by atoms with van der Waals surface area (Å²) in [6.07, 6.45) is 0.520. The second-order valence-electron chi connectivity index (χ2n) is 6.66. The molecule has 1 N–H and O–H groups in total. The van der Waals surface area contributed by atoms with Crippen LogP contribution < -0.4 is 5.32 Å². The van der Waals surface area contributed by atoms with Crippen molar-refractivity contribution in [2.75, 3.05) is 11.9 Å². The second kappa shape index (κ2) is 8.89. The maximum Gasteiger partial charge on any atom is 0.338 e. The monoisotopic (exact) mass is 400 g/mol. The lowest BCUT2D eigenvalue weighted by Crippen LogP contribution is -2.30. The molecule has 0 spiro atoms. The fraction of sp³-hybridized carbons (Fsp3) is 0.286. The molecule has 0 saturated carbocycles. The Morgan fingerprint density at radius 1 is 1.21 bits per heavy atom. The molecule has 0 aromatic heterocycles. The number of amides is 2. The van der Waals surface area contributed by atoms with Gasteiger partial charge in [-0.2, -0.15) is 0 Å². The highest BCUT2D eigenvalue weighted by molar-refractivity contribution is 6.30. The van der Waals surface area contributed by atoms with Gasteiger partial charge in [-0.3, -0.25) is 9.59 Å². The Morgan fingerprint density at radius 3 is 2.61 bits per heavy atom. The van der Waals surface area contributed by atoms with Crippen LogP contribution in [0.5, 0.6) is 0 Å². The van der Waals surface area contributed by atoms with Gasteiger partial charge in [-0.15, -0.1) is 0 Å². The summed E-state index contributed by atoms with van der Waals surface area (Å²) in [5.41, 5.74) is 1.82. The summed E-state index contributed by atoms with van der Waals surface area (Å²) in [5, 5.41) is 3.15. The molecular formula is C21H21ClN2O4. The maximum atomic E-state index is 12.3. The standard InChI is InChI=1S/C21H21ClN2O4/c1-14(20(26)23-18-5-2-4-17(22)12-18)28-21(27)16-9-7-15(8-10-16)13-24-11-3-6-19(24)25/h2,4-5,7-10,12,14H,3,6,11,13H2,1H3,(H,23,26)/t14-/m1/s1. The molecule has 1 aliphatic rings. The largest absolute Gasteiger partial charge is 0.449 e. The van der Waals surface area contributed by atoms with Crippen molar-refractivity contribution >= 4 is 35.1 Å². The van der Waals surface area contributed by atoms with E-state index in [-0.39, 0.29) is 5.91 Å². The zero-order valence-electron chi connectivity index (χ0n) is 15.5. The summed E-state index contributed by atoms with van der Waals surface area (Å²) < 4.78 is 5.24. The van der Waals surface area contributed by atoms with Crippen LogP contribution in [-0.2, 0) is 20.9 Å². The van der Waals surface area contributed by atoms with Gasteiger partial charge in [0.05, 0.1) is 5.56 Å². The van der Waals surface area contributed by atoms with Gasteiger partial charge in [0.2, 0.25) is 5.91 Å². The number of carbonyl (C=O) groups excluding carboxylic acids is 3. The van der Waals surface area contributed by atoms with E-state index in [2.05, 4.69) is 5.32 Å². The first-order valence-corrected chi connectivity index (χ1v) is 9.44. The van der Waals surface area contributed by atoms with Crippen LogP contribution in [0.15, 0.2) is 48.5 Å². The fourth-order valence-electron chi connectivity index (χ4n) is 2.93. The molecular weight excluding hydrogens is 380 g/mol. The van der Waals surface area contributed by atoms with E-state index in [0.29, 0.717) is 29.2 Å². The third kappa shape index (κ3) is 5.10. The Bertz CT molecular complexity index is 882. The van der Waals surface area contributed by atoms with Crippen LogP contribution in [0.25, 0.3) is 0 Å². The lowest BCUT2D eigenvalue weighted by atomic mass is 10.1. The summed E-state index contributed by atoms with van der Waals surface area (Å²) >= 11 is 5.89. The number of benzene rings is 2.